The van der Waals surface area contributed by atoms with Gasteiger partial charge in [-0.25, -0.2) is 0 Å². The van der Waals surface area contributed by atoms with E-state index in [0.29, 0.717) is 0 Å². The van der Waals surface area contributed by atoms with Gasteiger partial charge in [-0.3, -0.25) is 0 Å². The number of aryl methyl sites for hydroxylation is 1. The summed E-state index contributed by atoms with van der Waals surface area (Å²) in [6.07, 6.45) is 0. The lowest BCUT2D eigenvalue weighted by Crippen LogP contribution is -2.09. The number of anilines is 3. The molecule has 0 aliphatic heterocycles. The summed E-state index contributed by atoms with van der Waals surface area (Å²) in [6.45, 7) is 2.12. The fourth-order valence-corrected chi connectivity index (χ4v) is 6.19. The first-order valence-corrected chi connectivity index (χ1v) is 15.3. The normalized spacial score (nSPS) is 11.2. The lowest BCUT2D eigenvalue weighted by Gasteiger charge is -2.26. The van der Waals surface area contributed by atoms with Crippen molar-refractivity contribution in [2.24, 2.45) is 0 Å². The van der Waals surface area contributed by atoms with Gasteiger partial charge in [-0.2, -0.15) is 0 Å². The summed E-state index contributed by atoms with van der Waals surface area (Å²) in [7, 11) is 0. The molecule has 0 radical (unpaired) electrons. The van der Waals surface area contributed by atoms with Crippen molar-refractivity contribution in [2.75, 3.05) is 4.90 Å². The molecule has 1 heterocycles. The second-order valence-electron chi connectivity index (χ2n) is 11.5. The molecular formula is C43H31NO. The third-order valence-corrected chi connectivity index (χ3v) is 8.58. The van der Waals surface area contributed by atoms with Crippen molar-refractivity contribution in [2.45, 2.75) is 6.92 Å². The molecule has 1 aromatic heterocycles. The smallest absolute Gasteiger partial charge is 0.143 e. The molecule has 0 saturated heterocycles. The van der Waals surface area contributed by atoms with E-state index in [1.807, 2.05) is 12.1 Å². The molecule has 7 aromatic carbocycles. The van der Waals surface area contributed by atoms with E-state index in [1.54, 1.807) is 0 Å². The average Bonchev–Trinajstić information content (AvgIpc) is 3.49. The predicted molar refractivity (Wildman–Crippen MR) is 189 cm³/mol. The maximum Gasteiger partial charge on any atom is 0.143 e. The summed E-state index contributed by atoms with van der Waals surface area (Å²) in [4.78, 5) is 2.31. The number of para-hydroxylation sites is 2. The highest BCUT2D eigenvalue weighted by atomic mass is 16.3. The van der Waals surface area contributed by atoms with Gasteiger partial charge in [0, 0.05) is 33.4 Å². The van der Waals surface area contributed by atoms with Crippen LogP contribution in [0.1, 0.15) is 5.56 Å². The minimum absolute atomic E-state index is 0.915. The van der Waals surface area contributed by atoms with Crippen LogP contribution in [0.2, 0.25) is 0 Å². The molecule has 2 nitrogen and oxygen atoms in total. The Morgan fingerprint density at radius 3 is 1.47 bits per heavy atom. The molecule has 0 spiro atoms. The highest BCUT2D eigenvalue weighted by Crippen LogP contribution is 2.39. The van der Waals surface area contributed by atoms with Gasteiger partial charge >= 0.3 is 0 Å². The number of nitrogens with zero attached hydrogens (tertiary/aromatic N) is 1. The first-order valence-electron chi connectivity index (χ1n) is 15.3. The van der Waals surface area contributed by atoms with Gasteiger partial charge in [0.25, 0.3) is 0 Å². The summed E-state index contributed by atoms with van der Waals surface area (Å²) in [5.41, 5.74) is 13.5. The van der Waals surface area contributed by atoms with Crippen molar-refractivity contribution in [3.63, 3.8) is 0 Å². The Hall–Kier alpha value is -5.86. The van der Waals surface area contributed by atoms with Crippen molar-refractivity contribution >= 4 is 39.0 Å². The largest absolute Gasteiger partial charge is 0.455 e. The van der Waals surface area contributed by atoms with E-state index in [1.165, 1.54) is 27.8 Å². The number of hydrogen-bond donors (Lipinski definition) is 0. The van der Waals surface area contributed by atoms with E-state index in [4.69, 9.17) is 4.42 Å². The van der Waals surface area contributed by atoms with Crippen LogP contribution in [0, 0.1) is 6.92 Å². The van der Waals surface area contributed by atoms with Crippen LogP contribution < -0.4 is 4.90 Å². The number of rotatable bonds is 6. The van der Waals surface area contributed by atoms with Crippen LogP contribution in [0.4, 0.5) is 17.1 Å². The minimum atomic E-state index is 0.915. The maximum atomic E-state index is 6.33. The fraction of sp³-hybridized carbons (Fsp3) is 0.0233. The zero-order chi connectivity index (χ0) is 30.2. The summed E-state index contributed by atoms with van der Waals surface area (Å²) >= 11 is 0. The molecule has 0 fully saturated rings. The standard InChI is InChI=1S/C43H31NO/c1-30-14-24-36(25-15-30)44(37-26-20-34(21-27-37)33-18-16-32(17-19-33)31-8-3-2-4-9-31)38-28-22-35(23-29-38)39-11-7-12-41-40-10-5-6-13-42(40)45-43(39)41/h2-29H,1H3. The van der Waals surface area contributed by atoms with Gasteiger partial charge in [-0.05, 0) is 77.2 Å². The van der Waals surface area contributed by atoms with Crippen LogP contribution in [-0.4, -0.2) is 0 Å². The molecule has 45 heavy (non-hydrogen) atoms. The molecule has 8 rings (SSSR count). The van der Waals surface area contributed by atoms with Crippen molar-refractivity contribution in [3.8, 4) is 33.4 Å². The van der Waals surface area contributed by atoms with Gasteiger partial charge in [0.2, 0.25) is 0 Å². The van der Waals surface area contributed by atoms with E-state index < -0.39 is 0 Å². The summed E-state index contributed by atoms with van der Waals surface area (Å²) in [6, 6.07) is 60.3. The van der Waals surface area contributed by atoms with Gasteiger partial charge in [-0.15, -0.1) is 0 Å². The lowest BCUT2D eigenvalue weighted by molar-refractivity contribution is 0.670. The SMILES string of the molecule is Cc1ccc(N(c2ccc(-c3ccc(-c4ccccc4)cc3)cc2)c2ccc(-c3cccc4c3oc3ccccc34)cc2)cc1. The molecule has 8 aromatic rings. The van der Waals surface area contributed by atoms with Gasteiger partial charge in [0.1, 0.15) is 11.2 Å². The van der Waals surface area contributed by atoms with Crippen LogP contribution >= 0.6 is 0 Å². The topological polar surface area (TPSA) is 16.4 Å². The molecule has 0 atom stereocenters. The molecule has 0 N–H and O–H groups in total. The van der Waals surface area contributed by atoms with Gasteiger partial charge in [0.05, 0.1) is 0 Å². The molecule has 0 bridgehead atoms. The van der Waals surface area contributed by atoms with Crippen molar-refractivity contribution < 1.29 is 4.42 Å². The molecule has 0 unspecified atom stereocenters. The monoisotopic (exact) mass is 577 g/mol. The maximum absolute atomic E-state index is 6.33. The predicted octanol–water partition coefficient (Wildman–Crippen LogP) is 12.4. The summed E-state index contributed by atoms with van der Waals surface area (Å²) in [5, 5.41) is 2.29. The highest BCUT2D eigenvalue weighted by molar-refractivity contribution is 6.09. The molecule has 2 heteroatoms. The highest BCUT2D eigenvalue weighted by Gasteiger charge is 2.15. The molecule has 0 amide bonds. The molecule has 0 aliphatic rings. The van der Waals surface area contributed by atoms with Crippen LogP contribution in [0.3, 0.4) is 0 Å². The number of benzene rings is 7. The van der Waals surface area contributed by atoms with E-state index in [9.17, 15) is 0 Å². The zero-order valence-electron chi connectivity index (χ0n) is 25.0. The second-order valence-corrected chi connectivity index (χ2v) is 11.5. The molecule has 214 valence electrons. The summed E-state index contributed by atoms with van der Waals surface area (Å²) in [5.74, 6) is 0. The third-order valence-electron chi connectivity index (χ3n) is 8.58. The Balaban J connectivity index is 1.13. The Morgan fingerprint density at radius 2 is 0.844 bits per heavy atom. The Kier molecular flexibility index (Phi) is 6.73. The van der Waals surface area contributed by atoms with E-state index in [-0.39, 0.29) is 0 Å². The molecular weight excluding hydrogens is 546 g/mol. The van der Waals surface area contributed by atoms with Crippen molar-refractivity contribution in [1.82, 2.24) is 0 Å². The average molecular weight is 578 g/mol. The Morgan fingerprint density at radius 1 is 0.378 bits per heavy atom. The van der Waals surface area contributed by atoms with Gasteiger partial charge < -0.3 is 9.32 Å². The van der Waals surface area contributed by atoms with E-state index >= 15 is 0 Å². The molecule has 0 saturated carbocycles. The number of hydrogen-bond acceptors (Lipinski definition) is 2. The second kappa shape index (κ2) is 11.3. The first-order chi connectivity index (χ1) is 22.2. The third kappa shape index (κ3) is 5.07. The quantitative estimate of drug-likeness (QED) is 0.195. The van der Waals surface area contributed by atoms with E-state index in [2.05, 4.69) is 170 Å². The first kappa shape index (κ1) is 26.7. The van der Waals surface area contributed by atoms with Gasteiger partial charge in [-0.1, -0.05) is 133 Å². The Bertz CT molecular complexity index is 2230. The molecule has 0 aliphatic carbocycles. The van der Waals surface area contributed by atoms with Crippen molar-refractivity contribution in [1.29, 1.82) is 0 Å². The van der Waals surface area contributed by atoms with Crippen LogP contribution in [0.5, 0.6) is 0 Å². The fourth-order valence-electron chi connectivity index (χ4n) is 6.19. The van der Waals surface area contributed by atoms with Crippen LogP contribution in [0.15, 0.2) is 174 Å². The number of furan rings is 1. The van der Waals surface area contributed by atoms with Crippen LogP contribution in [0.25, 0.3) is 55.3 Å². The summed E-state index contributed by atoms with van der Waals surface area (Å²) < 4.78 is 6.33. The minimum Gasteiger partial charge on any atom is -0.455 e. The van der Waals surface area contributed by atoms with Gasteiger partial charge in [0.15, 0.2) is 0 Å². The Labute approximate surface area is 263 Å². The van der Waals surface area contributed by atoms with Crippen LogP contribution in [-0.2, 0) is 0 Å². The van der Waals surface area contributed by atoms with Crippen molar-refractivity contribution in [3.05, 3.63) is 175 Å². The lowest BCUT2D eigenvalue weighted by atomic mass is 10.00. The number of fused-ring (bicyclic) bond motifs is 3. The van der Waals surface area contributed by atoms with E-state index in [0.717, 1.165) is 50.1 Å². The zero-order valence-corrected chi connectivity index (χ0v) is 25.0.